The summed E-state index contributed by atoms with van der Waals surface area (Å²) < 4.78 is 26.9. The van der Waals surface area contributed by atoms with Gasteiger partial charge >= 0.3 is 0 Å². The Morgan fingerprint density at radius 2 is 1.56 bits per heavy atom. The highest BCUT2D eigenvalue weighted by molar-refractivity contribution is 6.30. The highest BCUT2D eigenvalue weighted by Gasteiger charge is 2.16. The first kappa shape index (κ1) is 12.5. The van der Waals surface area contributed by atoms with Gasteiger partial charge in [-0.2, -0.15) is 13.5 Å². The molecule has 0 aliphatic carbocycles. The van der Waals surface area contributed by atoms with Crippen LogP contribution in [0.5, 0.6) is 0 Å². The van der Waals surface area contributed by atoms with Crippen LogP contribution in [0.4, 0.5) is 14.5 Å². The van der Waals surface area contributed by atoms with Crippen LogP contribution in [-0.2, 0) is 0 Å². The molecule has 92 valence electrons. The zero-order valence-corrected chi connectivity index (χ0v) is 9.86. The van der Waals surface area contributed by atoms with Gasteiger partial charge < -0.3 is 5.21 Å². The highest BCUT2D eigenvalue weighted by Crippen LogP contribution is 2.20. The van der Waals surface area contributed by atoms with E-state index in [-0.39, 0.29) is 4.74 Å². The molecule has 0 aliphatic rings. The third kappa shape index (κ3) is 2.65. The van der Waals surface area contributed by atoms with Gasteiger partial charge in [0.05, 0.1) is 0 Å². The maximum atomic E-state index is 13.3. The van der Waals surface area contributed by atoms with Crippen molar-refractivity contribution >= 4 is 23.5 Å². The first-order valence-electron chi connectivity index (χ1n) is 5.09. The van der Waals surface area contributed by atoms with Gasteiger partial charge in [-0.3, -0.25) is 0 Å². The van der Waals surface area contributed by atoms with Gasteiger partial charge in [0, 0.05) is 10.6 Å². The lowest BCUT2D eigenvalue weighted by molar-refractivity contribution is -0.360. The predicted octanol–water partition coefficient (Wildman–Crippen LogP) is 3.88. The molecule has 0 spiro atoms. The van der Waals surface area contributed by atoms with Crippen molar-refractivity contribution in [1.82, 2.24) is 0 Å². The fraction of sp³-hybridized carbons (Fsp3) is 0. The highest BCUT2D eigenvalue weighted by atomic mass is 35.5. The van der Waals surface area contributed by atoms with E-state index in [1.54, 1.807) is 24.3 Å². The molecule has 2 rings (SSSR count). The molecular formula is C13H8ClF2NO. The smallest absolute Gasteiger partial charge is 0.288 e. The standard InChI is InChI=1S/C13H8ClF2NO/c14-10-6-4-9(5-7-10)8-17(18)13-11(15)2-1-3-12(13)16/h1-8H. The molecular weight excluding hydrogens is 260 g/mol. The molecule has 0 radical (unpaired) electrons. The van der Waals surface area contributed by atoms with Crippen LogP contribution in [0.3, 0.4) is 0 Å². The van der Waals surface area contributed by atoms with E-state index < -0.39 is 17.3 Å². The summed E-state index contributed by atoms with van der Waals surface area (Å²) in [6, 6.07) is 9.57. The number of hydrogen-bond acceptors (Lipinski definition) is 1. The predicted molar refractivity (Wildman–Crippen MR) is 66.3 cm³/mol. The van der Waals surface area contributed by atoms with Crippen LogP contribution in [0.25, 0.3) is 0 Å². The van der Waals surface area contributed by atoms with E-state index in [4.69, 9.17) is 11.6 Å². The van der Waals surface area contributed by atoms with Gasteiger partial charge in [-0.1, -0.05) is 17.7 Å². The first-order chi connectivity index (χ1) is 8.58. The van der Waals surface area contributed by atoms with E-state index in [1.165, 1.54) is 6.07 Å². The van der Waals surface area contributed by atoms with Crippen LogP contribution in [0.2, 0.25) is 5.02 Å². The van der Waals surface area contributed by atoms with E-state index in [0.717, 1.165) is 18.3 Å². The molecule has 0 bridgehead atoms. The van der Waals surface area contributed by atoms with Gasteiger partial charge in [-0.25, -0.2) is 0 Å². The monoisotopic (exact) mass is 267 g/mol. The van der Waals surface area contributed by atoms with Crippen molar-refractivity contribution < 1.29 is 13.5 Å². The van der Waals surface area contributed by atoms with Gasteiger partial charge in [-0.15, -0.1) is 0 Å². The average Bonchev–Trinajstić information content (AvgIpc) is 2.32. The summed E-state index contributed by atoms with van der Waals surface area (Å²) in [6.07, 6.45) is 1.08. The maximum absolute atomic E-state index is 13.3. The lowest BCUT2D eigenvalue weighted by Crippen LogP contribution is -2.03. The fourth-order valence-corrected chi connectivity index (χ4v) is 1.57. The molecule has 5 heteroatoms. The molecule has 0 amide bonds. The van der Waals surface area contributed by atoms with Crippen LogP contribution in [0.1, 0.15) is 5.56 Å². The van der Waals surface area contributed by atoms with Crippen LogP contribution in [-0.4, -0.2) is 11.0 Å². The number of nitrogens with zero attached hydrogens (tertiary/aromatic N) is 1. The third-order valence-electron chi connectivity index (χ3n) is 2.29. The molecule has 2 aromatic carbocycles. The van der Waals surface area contributed by atoms with Gasteiger partial charge in [0.15, 0.2) is 17.8 Å². The number of benzene rings is 2. The first-order valence-corrected chi connectivity index (χ1v) is 5.46. The number of hydrogen-bond donors (Lipinski definition) is 0. The fourth-order valence-electron chi connectivity index (χ4n) is 1.45. The molecule has 0 atom stereocenters. The SMILES string of the molecule is [O-][N+](=Cc1ccc(Cl)cc1)c1c(F)cccc1F. The Morgan fingerprint density at radius 1 is 1.00 bits per heavy atom. The Kier molecular flexibility index (Phi) is 3.58. The van der Waals surface area contributed by atoms with Crippen molar-refractivity contribution in [1.29, 1.82) is 0 Å². The molecule has 0 aromatic heterocycles. The Labute approximate surface area is 107 Å². The van der Waals surface area contributed by atoms with E-state index in [2.05, 4.69) is 0 Å². The summed E-state index contributed by atoms with van der Waals surface area (Å²) in [6.45, 7) is 0. The van der Waals surface area contributed by atoms with Crippen LogP contribution < -0.4 is 0 Å². The molecule has 2 aromatic rings. The minimum absolute atomic E-state index is 0.161. The molecule has 2 nitrogen and oxygen atoms in total. The summed E-state index contributed by atoms with van der Waals surface area (Å²) in [7, 11) is 0. The van der Waals surface area contributed by atoms with E-state index in [1.807, 2.05) is 0 Å². The lowest BCUT2D eigenvalue weighted by atomic mass is 10.2. The van der Waals surface area contributed by atoms with E-state index in [0.29, 0.717) is 10.6 Å². The van der Waals surface area contributed by atoms with E-state index >= 15 is 0 Å². The minimum Gasteiger partial charge on any atom is -0.618 e. The van der Waals surface area contributed by atoms with Gasteiger partial charge in [0.25, 0.3) is 5.69 Å². The van der Waals surface area contributed by atoms with Crippen LogP contribution in [0, 0.1) is 16.8 Å². The lowest BCUT2D eigenvalue weighted by Gasteiger charge is -2.04. The number of rotatable bonds is 2. The van der Waals surface area contributed by atoms with Crippen molar-refractivity contribution in [2.24, 2.45) is 0 Å². The summed E-state index contributed by atoms with van der Waals surface area (Å²) in [5.74, 6) is -1.81. The summed E-state index contributed by atoms with van der Waals surface area (Å²) >= 11 is 5.69. The number of para-hydroxylation sites is 1. The van der Waals surface area contributed by atoms with E-state index in [9.17, 15) is 14.0 Å². The van der Waals surface area contributed by atoms with Crippen molar-refractivity contribution in [3.8, 4) is 0 Å². The summed E-state index contributed by atoms with van der Waals surface area (Å²) in [5, 5.41) is 12.2. The molecule has 0 N–H and O–H groups in total. The second kappa shape index (κ2) is 5.14. The minimum atomic E-state index is -0.907. The van der Waals surface area contributed by atoms with Crippen molar-refractivity contribution in [3.05, 3.63) is 69.9 Å². The second-order valence-electron chi connectivity index (χ2n) is 3.58. The zero-order chi connectivity index (χ0) is 13.1. The Balaban J connectivity index is 2.42. The average molecular weight is 268 g/mol. The topological polar surface area (TPSA) is 26.1 Å². The zero-order valence-electron chi connectivity index (χ0n) is 9.11. The molecule has 18 heavy (non-hydrogen) atoms. The molecule has 0 unspecified atom stereocenters. The van der Waals surface area contributed by atoms with Gasteiger partial charge in [-0.05, 0) is 36.4 Å². The summed E-state index contributed by atoms with van der Waals surface area (Å²) in [5.41, 5.74) is -0.135. The summed E-state index contributed by atoms with van der Waals surface area (Å²) in [4.78, 5) is 0. The second-order valence-corrected chi connectivity index (χ2v) is 4.01. The normalized spacial score (nSPS) is 11.6. The van der Waals surface area contributed by atoms with Gasteiger partial charge in [0.2, 0.25) is 0 Å². The van der Waals surface area contributed by atoms with Crippen LogP contribution in [0.15, 0.2) is 42.5 Å². The largest absolute Gasteiger partial charge is 0.618 e. The Hall–Kier alpha value is -1.94. The number of halogens is 3. The van der Waals surface area contributed by atoms with Crippen molar-refractivity contribution in [2.75, 3.05) is 0 Å². The molecule has 0 heterocycles. The molecule has 0 fully saturated rings. The van der Waals surface area contributed by atoms with Crippen molar-refractivity contribution in [2.45, 2.75) is 0 Å². The van der Waals surface area contributed by atoms with Gasteiger partial charge in [0.1, 0.15) is 0 Å². The Bertz CT molecular complexity index is 576. The van der Waals surface area contributed by atoms with Crippen LogP contribution >= 0.6 is 11.6 Å². The van der Waals surface area contributed by atoms with Crippen molar-refractivity contribution in [3.63, 3.8) is 0 Å². The third-order valence-corrected chi connectivity index (χ3v) is 2.55. The Morgan fingerprint density at radius 3 is 2.11 bits per heavy atom. The molecule has 0 saturated carbocycles. The molecule has 0 aliphatic heterocycles. The molecule has 0 saturated heterocycles. The maximum Gasteiger partial charge on any atom is 0.288 e. The quantitative estimate of drug-likeness (QED) is 0.351.